The van der Waals surface area contributed by atoms with E-state index in [4.69, 9.17) is 16.3 Å². The predicted octanol–water partition coefficient (Wildman–Crippen LogP) is 4.41. The minimum Gasteiger partial charge on any atom is -0.449 e. The van der Waals surface area contributed by atoms with E-state index < -0.39 is 24.1 Å². The van der Waals surface area contributed by atoms with Gasteiger partial charge in [0.2, 0.25) is 0 Å². The predicted molar refractivity (Wildman–Crippen MR) is 115 cm³/mol. The molecule has 2 atom stereocenters. The summed E-state index contributed by atoms with van der Waals surface area (Å²) in [6.45, 7) is -0.154. The normalized spacial score (nSPS) is 14.5. The number of benzene rings is 3. The van der Waals surface area contributed by atoms with Crippen LogP contribution in [0.5, 0.6) is 0 Å². The maximum atomic E-state index is 13.6. The first-order chi connectivity index (χ1) is 15.0. The van der Waals surface area contributed by atoms with Crippen LogP contribution in [0, 0.1) is 5.82 Å². The summed E-state index contributed by atoms with van der Waals surface area (Å²) in [5.41, 5.74) is 4.47. The van der Waals surface area contributed by atoms with Gasteiger partial charge in [-0.3, -0.25) is 0 Å². The lowest BCUT2D eigenvalue weighted by Gasteiger charge is -2.20. The molecule has 7 heteroatoms. The molecular formula is C24H21ClFNO4. The lowest BCUT2D eigenvalue weighted by Crippen LogP contribution is -2.36. The van der Waals surface area contributed by atoms with Gasteiger partial charge in [0.1, 0.15) is 24.6 Å². The van der Waals surface area contributed by atoms with E-state index in [1.54, 1.807) is 0 Å². The fraction of sp³-hybridized carbons (Fsp3) is 0.208. The molecular weight excluding hydrogens is 421 g/mol. The number of amides is 1. The number of fused-ring (bicyclic) bond motifs is 3. The molecule has 0 fully saturated rings. The molecule has 160 valence electrons. The van der Waals surface area contributed by atoms with Crippen LogP contribution in [0.2, 0.25) is 5.02 Å². The third-order valence-electron chi connectivity index (χ3n) is 5.46. The molecule has 0 heterocycles. The van der Waals surface area contributed by atoms with Crippen molar-refractivity contribution in [2.75, 3.05) is 13.2 Å². The Balaban J connectivity index is 1.35. The second kappa shape index (κ2) is 9.06. The Bertz CT molecular complexity index is 1060. The molecule has 31 heavy (non-hydrogen) atoms. The Morgan fingerprint density at radius 1 is 1.00 bits per heavy atom. The second-order valence-corrected chi connectivity index (χ2v) is 7.74. The van der Waals surface area contributed by atoms with Gasteiger partial charge in [0, 0.05) is 18.0 Å². The van der Waals surface area contributed by atoms with Gasteiger partial charge in [-0.05, 0) is 28.3 Å². The van der Waals surface area contributed by atoms with Crippen LogP contribution in [0.3, 0.4) is 0 Å². The molecule has 3 N–H and O–H groups in total. The van der Waals surface area contributed by atoms with Gasteiger partial charge in [-0.2, -0.15) is 0 Å². The highest BCUT2D eigenvalue weighted by Gasteiger charge is 2.29. The monoisotopic (exact) mass is 441 g/mol. The van der Waals surface area contributed by atoms with Gasteiger partial charge < -0.3 is 20.3 Å². The van der Waals surface area contributed by atoms with Gasteiger partial charge in [-0.15, -0.1) is 0 Å². The number of carbonyl (C=O) groups is 1. The minimum absolute atomic E-state index is 0.0449. The number of halogens is 2. The van der Waals surface area contributed by atoms with Crippen LogP contribution in [0.4, 0.5) is 9.18 Å². The first-order valence-electron chi connectivity index (χ1n) is 9.86. The van der Waals surface area contributed by atoms with Crippen LogP contribution in [0.15, 0.2) is 66.7 Å². The van der Waals surface area contributed by atoms with Crippen LogP contribution < -0.4 is 5.32 Å². The molecule has 0 saturated carbocycles. The Hall–Kier alpha value is -2.93. The molecule has 3 aromatic carbocycles. The van der Waals surface area contributed by atoms with E-state index in [2.05, 4.69) is 5.32 Å². The van der Waals surface area contributed by atoms with Crippen molar-refractivity contribution in [1.29, 1.82) is 0 Å². The van der Waals surface area contributed by atoms with Gasteiger partial charge in [0.05, 0.1) is 5.02 Å². The van der Waals surface area contributed by atoms with Gasteiger partial charge in [0.25, 0.3) is 0 Å². The molecule has 1 aliphatic carbocycles. The second-order valence-electron chi connectivity index (χ2n) is 7.36. The molecule has 1 aliphatic rings. The molecule has 4 rings (SSSR count). The highest BCUT2D eigenvalue weighted by molar-refractivity contribution is 6.31. The SMILES string of the molecule is O=C(NCC(O)C(O)c1cccc(F)c1Cl)OCC1c2ccccc2-c2ccccc21. The van der Waals surface area contributed by atoms with E-state index in [0.29, 0.717) is 0 Å². The number of carbonyl (C=O) groups excluding carboxylic acids is 1. The minimum atomic E-state index is -1.46. The van der Waals surface area contributed by atoms with Gasteiger partial charge in [-0.25, -0.2) is 9.18 Å². The number of nitrogens with one attached hydrogen (secondary N) is 1. The van der Waals surface area contributed by atoms with Gasteiger partial charge in [0.15, 0.2) is 0 Å². The largest absolute Gasteiger partial charge is 0.449 e. The number of aliphatic hydroxyl groups excluding tert-OH is 2. The average molecular weight is 442 g/mol. The molecule has 0 spiro atoms. The summed E-state index contributed by atoms with van der Waals surface area (Å²) >= 11 is 5.84. The van der Waals surface area contributed by atoms with Crippen LogP contribution in [0.1, 0.15) is 28.7 Å². The molecule has 2 unspecified atom stereocenters. The van der Waals surface area contributed by atoms with Gasteiger partial charge in [-0.1, -0.05) is 72.3 Å². The fourth-order valence-electron chi connectivity index (χ4n) is 3.91. The Morgan fingerprint density at radius 3 is 2.26 bits per heavy atom. The number of alkyl carbamates (subject to hydrolysis) is 1. The molecule has 0 aromatic heterocycles. The van der Waals surface area contributed by atoms with Crippen molar-refractivity contribution in [3.05, 3.63) is 94.3 Å². The molecule has 0 bridgehead atoms. The molecule has 3 aromatic rings. The third kappa shape index (κ3) is 4.28. The third-order valence-corrected chi connectivity index (χ3v) is 5.86. The van der Waals surface area contributed by atoms with Crippen LogP contribution in [-0.4, -0.2) is 35.6 Å². The molecule has 5 nitrogen and oxygen atoms in total. The number of ether oxygens (including phenoxy) is 1. The Kier molecular flexibility index (Phi) is 6.23. The van der Waals surface area contributed by atoms with Crippen molar-refractivity contribution in [2.45, 2.75) is 18.1 Å². The zero-order valence-electron chi connectivity index (χ0n) is 16.5. The first kappa shape index (κ1) is 21.3. The summed E-state index contributed by atoms with van der Waals surface area (Å²) in [7, 11) is 0. The number of rotatable bonds is 6. The molecule has 0 aliphatic heterocycles. The highest BCUT2D eigenvalue weighted by Crippen LogP contribution is 2.44. The van der Waals surface area contributed by atoms with Crippen molar-refractivity contribution in [1.82, 2.24) is 5.32 Å². The summed E-state index contributed by atoms with van der Waals surface area (Å²) in [5.74, 6) is -0.783. The zero-order valence-corrected chi connectivity index (χ0v) is 17.2. The van der Waals surface area contributed by atoms with E-state index in [0.717, 1.165) is 28.3 Å². The molecule has 0 saturated heterocycles. The quantitative estimate of drug-likeness (QED) is 0.529. The summed E-state index contributed by atoms with van der Waals surface area (Å²) in [4.78, 5) is 12.2. The van der Waals surface area contributed by atoms with Crippen LogP contribution in [0.25, 0.3) is 11.1 Å². The van der Waals surface area contributed by atoms with Crippen molar-refractivity contribution >= 4 is 17.7 Å². The van der Waals surface area contributed by atoms with E-state index in [9.17, 15) is 19.4 Å². The van der Waals surface area contributed by atoms with E-state index in [-0.39, 0.29) is 29.7 Å². The lowest BCUT2D eigenvalue weighted by molar-refractivity contribution is 0.0184. The van der Waals surface area contributed by atoms with E-state index in [1.807, 2.05) is 48.5 Å². The van der Waals surface area contributed by atoms with Crippen LogP contribution in [-0.2, 0) is 4.74 Å². The summed E-state index contributed by atoms with van der Waals surface area (Å²) < 4.78 is 19.0. The maximum Gasteiger partial charge on any atom is 0.407 e. The fourth-order valence-corrected chi connectivity index (χ4v) is 4.14. The zero-order chi connectivity index (χ0) is 22.0. The van der Waals surface area contributed by atoms with Gasteiger partial charge >= 0.3 is 6.09 Å². The molecule has 1 amide bonds. The number of hydrogen-bond donors (Lipinski definition) is 3. The van der Waals surface area contributed by atoms with E-state index in [1.165, 1.54) is 12.1 Å². The lowest BCUT2D eigenvalue weighted by atomic mass is 9.98. The molecule has 0 radical (unpaired) electrons. The van der Waals surface area contributed by atoms with E-state index >= 15 is 0 Å². The first-order valence-corrected chi connectivity index (χ1v) is 10.2. The summed E-state index contributed by atoms with van der Waals surface area (Å²) in [6.07, 6.45) is -3.57. The Labute approximate surface area is 184 Å². The standard InChI is InChI=1S/C24H21ClFNO4/c25-22-18(10-5-11-20(22)26)23(29)21(28)12-27-24(30)31-13-19-16-8-3-1-6-14(16)15-7-2-4-9-17(15)19/h1-11,19,21,23,28-29H,12-13H2,(H,27,30). The van der Waals surface area contributed by atoms with Crippen molar-refractivity contribution in [3.8, 4) is 11.1 Å². The Morgan fingerprint density at radius 2 is 1.61 bits per heavy atom. The summed E-state index contributed by atoms with van der Waals surface area (Å²) in [6, 6.07) is 19.9. The maximum absolute atomic E-state index is 13.6. The summed E-state index contributed by atoms with van der Waals surface area (Å²) in [5, 5.41) is 22.6. The smallest absolute Gasteiger partial charge is 0.407 e. The highest BCUT2D eigenvalue weighted by atomic mass is 35.5. The number of hydrogen-bond acceptors (Lipinski definition) is 4. The van der Waals surface area contributed by atoms with Crippen molar-refractivity contribution in [2.24, 2.45) is 0 Å². The van der Waals surface area contributed by atoms with Crippen molar-refractivity contribution < 1.29 is 24.1 Å². The number of aliphatic hydroxyl groups is 2. The average Bonchev–Trinajstić information content (AvgIpc) is 3.11. The van der Waals surface area contributed by atoms with Crippen molar-refractivity contribution in [3.63, 3.8) is 0 Å². The topological polar surface area (TPSA) is 78.8 Å². The van der Waals surface area contributed by atoms with Crippen LogP contribution >= 0.6 is 11.6 Å².